The Morgan fingerprint density at radius 3 is 2.60 bits per heavy atom. The Kier molecular flexibility index (Phi) is 4.65. The maximum Gasteiger partial charge on any atom is 0.276 e. The first-order valence-electron chi connectivity index (χ1n) is 6.27. The van der Waals surface area contributed by atoms with Gasteiger partial charge in [0.15, 0.2) is 0 Å². The minimum Gasteiger partial charge on any atom is -0.493 e. The summed E-state index contributed by atoms with van der Waals surface area (Å²) >= 11 is 0. The molecule has 0 aliphatic heterocycles. The molecule has 0 unspecified atom stereocenters. The lowest BCUT2D eigenvalue weighted by atomic mass is 10.1. The molecule has 0 spiro atoms. The van der Waals surface area contributed by atoms with Crippen LogP contribution < -0.4 is 4.74 Å². The smallest absolute Gasteiger partial charge is 0.276 e. The Morgan fingerprint density at radius 1 is 1.15 bits per heavy atom. The largest absolute Gasteiger partial charge is 0.493 e. The summed E-state index contributed by atoms with van der Waals surface area (Å²) in [7, 11) is 0. The summed E-state index contributed by atoms with van der Waals surface area (Å²) < 4.78 is 18.5. The number of hydrogen-bond acceptors (Lipinski definition) is 3. The van der Waals surface area contributed by atoms with E-state index >= 15 is 0 Å². The third kappa shape index (κ3) is 4.05. The van der Waals surface area contributed by atoms with E-state index in [-0.39, 0.29) is 11.4 Å². The molecule has 0 amide bonds. The van der Waals surface area contributed by atoms with Crippen LogP contribution in [-0.4, -0.2) is 11.5 Å². The molecular formula is C15H14FNO3. The van der Waals surface area contributed by atoms with E-state index in [4.69, 9.17) is 4.74 Å². The van der Waals surface area contributed by atoms with Crippen LogP contribution in [0.25, 0.3) is 0 Å². The zero-order valence-electron chi connectivity index (χ0n) is 10.8. The van der Waals surface area contributed by atoms with Crippen molar-refractivity contribution >= 4 is 5.69 Å². The van der Waals surface area contributed by atoms with Gasteiger partial charge in [-0.2, -0.15) is 0 Å². The predicted octanol–water partition coefficient (Wildman–Crippen LogP) is 3.75. The molecule has 0 bridgehead atoms. The van der Waals surface area contributed by atoms with Gasteiger partial charge in [-0.05, 0) is 18.4 Å². The molecule has 0 aliphatic carbocycles. The quantitative estimate of drug-likeness (QED) is 0.458. The average Bonchev–Trinajstić information content (AvgIpc) is 2.44. The fourth-order valence-electron chi connectivity index (χ4n) is 1.85. The fraction of sp³-hybridized carbons (Fsp3) is 0.200. The number of nitrogens with zero attached hydrogens (tertiary/aromatic N) is 1. The minimum atomic E-state index is -0.669. The fourth-order valence-corrected chi connectivity index (χ4v) is 1.85. The molecule has 0 radical (unpaired) electrons. The number of rotatable bonds is 6. The normalized spacial score (nSPS) is 10.2. The number of aryl methyl sites for hydroxylation is 1. The summed E-state index contributed by atoms with van der Waals surface area (Å²) in [6.07, 6.45) is 1.60. The van der Waals surface area contributed by atoms with Crippen molar-refractivity contribution < 1.29 is 14.1 Å². The molecule has 5 heteroatoms. The van der Waals surface area contributed by atoms with E-state index in [0.717, 1.165) is 25.0 Å². The van der Waals surface area contributed by atoms with Gasteiger partial charge in [0.25, 0.3) is 5.69 Å². The van der Waals surface area contributed by atoms with Crippen LogP contribution in [0.15, 0.2) is 48.5 Å². The van der Waals surface area contributed by atoms with Gasteiger partial charge < -0.3 is 4.74 Å². The van der Waals surface area contributed by atoms with Crippen molar-refractivity contribution in [2.75, 3.05) is 6.61 Å². The maximum absolute atomic E-state index is 13.2. The van der Waals surface area contributed by atoms with E-state index in [2.05, 4.69) is 0 Å². The Labute approximate surface area is 116 Å². The van der Waals surface area contributed by atoms with Gasteiger partial charge >= 0.3 is 0 Å². The first-order valence-corrected chi connectivity index (χ1v) is 6.27. The van der Waals surface area contributed by atoms with Crippen LogP contribution in [0.4, 0.5) is 10.1 Å². The van der Waals surface area contributed by atoms with E-state index in [0.29, 0.717) is 6.61 Å². The van der Waals surface area contributed by atoms with Gasteiger partial charge in [-0.1, -0.05) is 30.3 Å². The minimum absolute atomic E-state index is 0.185. The molecular weight excluding hydrogens is 261 g/mol. The van der Waals surface area contributed by atoms with E-state index < -0.39 is 10.7 Å². The number of hydrogen-bond donors (Lipinski definition) is 0. The molecule has 104 valence electrons. The lowest BCUT2D eigenvalue weighted by Crippen LogP contribution is -2.00. The highest BCUT2D eigenvalue weighted by atomic mass is 19.1. The summed E-state index contributed by atoms with van der Waals surface area (Å²) in [6, 6.07) is 13.2. The molecule has 0 saturated carbocycles. The predicted molar refractivity (Wildman–Crippen MR) is 73.3 cm³/mol. The summed E-state index contributed by atoms with van der Waals surface area (Å²) in [6.45, 7) is 0.384. The molecule has 0 aliphatic rings. The van der Waals surface area contributed by atoms with Gasteiger partial charge in [-0.15, -0.1) is 0 Å². The van der Waals surface area contributed by atoms with Crippen LogP contribution in [0, 0.1) is 15.9 Å². The number of non-ortho nitro benzene ring substituents is 1. The highest BCUT2D eigenvalue weighted by Gasteiger charge is 2.10. The van der Waals surface area contributed by atoms with Crippen molar-refractivity contribution in [2.24, 2.45) is 0 Å². The third-order valence-electron chi connectivity index (χ3n) is 2.79. The van der Waals surface area contributed by atoms with Crippen LogP contribution in [-0.2, 0) is 6.42 Å². The lowest BCUT2D eigenvalue weighted by Gasteiger charge is -2.06. The number of benzene rings is 2. The molecule has 4 nitrogen and oxygen atoms in total. The highest BCUT2D eigenvalue weighted by Crippen LogP contribution is 2.22. The molecule has 0 N–H and O–H groups in total. The van der Waals surface area contributed by atoms with Crippen molar-refractivity contribution in [1.29, 1.82) is 0 Å². The summed E-state index contributed by atoms with van der Waals surface area (Å²) in [4.78, 5) is 9.96. The molecule has 2 aromatic rings. The molecule has 2 aromatic carbocycles. The summed E-state index contributed by atoms with van der Waals surface area (Å²) in [5.41, 5.74) is 0.893. The second-order valence-corrected chi connectivity index (χ2v) is 4.34. The second kappa shape index (κ2) is 6.65. The van der Waals surface area contributed by atoms with Crippen LogP contribution in [0.5, 0.6) is 5.75 Å². The van der Waals surface area contributed by atoms with Gasteiger partial charge in [0.2, 0.25) is 0 Å². The zero-order chi connectivity index (χ0) is 14.4. The zero-order valence-corrected chi connectivity index (χ0v) is 10.8. The maximum atomic E-state index is 13.2. The monoisotopic (exact) mass is 275 g/mol. The molecule has 0 atom stereocenters. The number of halogens is 1. The molecule has 0 saturated heterocycles. The Balaban J connectivity index is 1.86. The van der Waals surface area contributed by atoms with Crippen molar-refractivity contribution in [2.45, 2.75) is 12.8 Å². The SMILES string of the molecule is O=[N+]([O-])c1cc(F)cc(OCCCc2ccccc2)c1. The first-order chi connectivity index (χ1) is 9.65. The lowest BCUT2D eigenvalue weighted by molar-refractivity contribution is -0.385. The van der Waals surface area contributed by atoms with Gasteiger partial charge in [0.1, 0.15) is 11.6 Å². The third-order valence-corrected chi connectivity index (χ3v) is 2.79. The van der Waals surface area contributed by atoms with Crippen molar-refractivity contribution in [3.63, 3.8) is 0 Å². The van der Waals surface area contributed by atoms with Crippen LogP contribution >= 0.6 is 0 Å². The topological polar surface area (TPSA) is 52.4 Å². The van der Waals surface area contributed by atoms with Crippen molar-refractivity contribution in [3.8, 4) is 5.75 Å². The van der Waals surface area contributed by atoms with Gasteiger partial charge in [0.05, 0.1) is 23.7 Å². The van der Waals surface area contributed by atoms with E-state index in [9.17, 15) is 14.5 Å². The molecule has 2 rings (SSSR count). The highest BCUT2D eigenvalue weighted by molar-refractivity contribution is 5.38. The molecule has 0 heterocycles. The standard InChI is InChI=1S/C15H14FNO3/c16-13-9-14(17(18)19)11-15(10-13)20-8-4-7-12-5-2-1-3-6-12/h1-3,5-6,9-11H,4,7-8H2. The van der Waals surface area contributed by atoms with Crippen LogP contribution in [0.1, 0.15) is 12.0 Å². The Bertz CT molecular complexity index is 587. The first kappa shape index (κ1) is 14.0. The second-order valence-electron chi connectivity index (χ2n) is 4.34. The number of ether oxygens (including phenoxy) is 1. The van der Waals surface area contributed by atoms with E-state index in [1.165, 1.54) is 11.6 Å². The van der Waals surface area contributed by atoms with Crippen molar-refractivity contribution in [1.82, 2.24) is 0 Å². The molecule has 0 fully saturated rings. The Hall–Kier alpha value is -2.43. The number of nitro benzene ring substituents is 1. The summed E-state index contributed by atoms with van der Waals surface area (Å²) in [5, 5.41) is 10.6. The Morgan fingerprint density at radius 2 is 1.90 bits per heavy atom. The molecule has 0 aromatic heterocycles. The van der Waals surface area contributed by atoms with Crippen molar-refractivity contribution in [3.05, 3.63) is 70.0 Å². The van der Waals surface area contributed by atoms with Gasteiger partial charge in [0, 0.05) is 6.07 Å². The van der Waals surface area contributed by atoms with E-state index in [1.807, 2.05) is 30.3 Å². The van der Waals surface area contributed by atoms with Gasteiger partial charge in [-0.3, -0.25) is 10.1 Å². The number of nitro groups is 1. The van der Waals surface area contributed by atoms with Gasteiger partial charge in [-0.25, -0.2) is 4.39 Å². The van der Waals surface area contributed by atoms with E-state index in [1.54, 1.807) is 0 Å². The average molecular weight is 275 g/mol. The van der Waals surface area contributed by atoms with Crippen LogP contribution in [0.3, 0.4) is 0 Å². The van der Waals surface area contributed by atoms with Crippen LogP contribution in [0.2, 0.25) is 0 Å². The summed E-state index contributed by atoms with van der Waals surface area (Å²) in [5.74, 6) is -0.484. The molecule has 20 heavy (non-hydrogen) atoms.